The molecule has 0 unspecified atom stereocenters. The van der Waals surface area contributed by atoms with Crippen LogP contribution in [0.2, 0.25) is 0 Å². The fraction of sp³-hybridized carbons (Fsp3) is 0.350. The van der Waals surface area contributed by atoms with Crippen LogP contribution in [0, 0.1) is 0 Å². The Morgan fingerprint density at radius 1 is 1.12 bits per heavy atom. The molecule has 0 aliphatic rings. The molecule has 0 radical (unpaired) electrons. The number of aliphatic hydroxyl groups is 1. The highest BCUT2D eigenvalue weighted by Gasteiger charge is 2.19. The van der Waals surface area contributed by atoms with Crippen molar-refractivity contribution in [2.45, 2.75) is 39.0 Å². The lowest BCUT2D eigenvalue weighted by Gasteiger charge is -2.29. The second-order valence-corrected chi connectivity index (χ2v) is 6.20. The molecule has 0 saturated carbocycles. The van der Waals surface area contributed by atoms with Crippen LogP contribution < -0.4 is 0 Å². The summed E-state index contributed by atoms with van der Waals surface area (Å²) in [6.07, 6.45) is 6.35. The van der Waals surface area contributed by atoms with E-state index in [4.69, 9.17) is 4.42 Å². The maximum Gasteiger partial charge on any atom is 0.117 e. The highest BCUT2D eigenvalue weighted by molar-refractivity contribution is 5.27. The maximum atomic E-state index is 9.79. The number of aliphatic hydroxyl groups excluding tert-OH is 1. The van der Waals surface area contributed by atoms with Gasteiger partial charge in [-0.25, -0.2) is 0 Å². The standard InChI is InChI=1S/C20H25N3O2/c1-2-19(16-24)22(15-20-9-5-12-25-20)13-17-7-3-4-8-18(17)14-23-11-6-10-21-23/h3-12,19,24H,2,13-16H2,1H3/t19-/m1/s1. The predicted octanol–water partition coefficient (Wildman–Crippen LogP) is 3.30. The van der Waals surface area contributed by atoms with Crippen molar-refractivity contribution in [3.63, 3.8) is 0 Å². The van der Waals surface area contributed by atoms with Gasteiger partial charge in [-0.1, -0.05) is 31.2 Å². The van der Waals surface area contributed by atoms with Crippen molar-refractivity contribution < 1.29 is 9.52 Å². The van der Waals surface area contributed by atoms with Gasteiger partial charge in [-0.05, 0) is 35.7 Å². The Kier molecular flexibility index (Phi) is 6.04. The van der Waals surface area contributed by atoms with Crippen LogP contribution >= 0.6 is 0 Å². The molecule has 0 saturated heterocycles. The molecule has 2 aromatic heterocycles. The van der Waals surface area contributed by atoms with Gasteiger partial charge in [-0.15, -0.1) is 0 Å². The van der Waals surface area contributed by atoms with E-state index in [1.807, 2.05) is 29.1 Å². The molecule has 0 aliphatic carbocycles. The number of furan rings is 1. The van der Waals surface area contributed by atoms with Crippen LogP contribution in [0.4, 0.5) is 0 Å². The normalized spacial score (nSPS) is 12.6. The highest BCUT2D eigenvalue weighted by atomic mass is 16.3. The molecule has 0 amide bonds. The van der Waals surface area contributed by atoms with E-state index in [0.717, 1.165) is 25.3 Å². The third-order valence-corrected chi connectivity index (χ3v) is 4.52. The number of benzene rings is 1. The molecule has 1 atom stereocenters. The molecular formula is C20H25N3O2. The monoisotopic (exact) mass is 339 g/mol. The molecule has 1 N–H and O–H groups in total. The zero-order valence-electron chi connectivity index (χ0n) is 14.6. The van der Waals surface area contributed by atoms with Gasteiger partial charge in [-0.2, -0.15) is 5.10 Å². The van der Waals surface area contributed by atoms with Crippen molar-refractivity contribution in [1.82, 2.24) is 14.7 Å². The minimum Gasteiger partial charge on any atom is -0.468 e. The molecule has 2 heterocycles. The van der Waals surface area contributed by atoms with E-state index in [2.05, 4.69) is 41.2 Å². The lowest BCUT2D eigenvalue weighted by molar-refractivity contribution is 0.0996. The molecule has 0 aliphatic heterocycles. The van der Waals surface area contributed by atoms with Gasteiger partial charge < -0.3 is 9.52 Å². The van der Waals surface area contributed by atoms with Gasteiger partial charge >= 0.3 is 0 Å². The van der Waals surface area contributed by atoms with E-state index in [9.17, 15) is 5.11 Å². The van der Waals surface area contributed by atoms with Gasteiger partial charge in [0.15, 0.2) is 0 Å². The highest BCUT2D eigenvalue weighted by Crippen LogP contribution is 2.19. The summed E-state index contributed by atoms with van der Waals surface area (Å²) in [6.45, 7) is 4.43. The first-order chi connectivity index (χ1) is 12.3. The number of hydrogen-bond acceptors (Lipinski definition) is 4. The van der Waals surface area contributed by atoms with Crippen molar-refractivity contribution in [3.8, 4) is 0 Å². The average Bonchev–Trinajstić information content (AvgIpc) is 3.31. The number of nitrogens with zero attached hydrogens (tertiary/aromatic N) is 3. The smallest absolute Gasteiger partial charge is 0.117 e. The predicted molar refractivity (Wildman–Crippen MR) is 96.9 cm³/mol. The summed E-state index contributed by atoms with van der Waals surface area (Å²) in [5.41, 5.74) is 2.49. The zero-order valence-corrected chi connectivity index (χ0v) is 14.6. The number of hydrogen-bond donors (Lipinski definition) is 1. The van der Waals surface area contributed by atoms with E-state index >= 15 is 0 Å². The van der Waals surface area contributed by atoms with E-state index < -0.39 is 0 Å². The zero-order chi connectivity index (χ0) is 17.5. The van der Waals surface area contributed by atoms with Gasteiger partial charge in [-0.3, -0.25) is 9.58 Å². The largest absolute Gasteiger partial charge is 0.468 e. The van der Waals surface area contributed by atoms with E-state index in [1.54, 1.807) is 12.5 Å². The van der Waals surface area contributed by atoms with Crippen LogP contribution in [0.15, 0.2) is 65.5 Å². The Morgan fingerprint density at radius 2 is 1.96 bits per heavy atom. The third kappa shape index (κ3) is 4.59. The Hall–Kier alpha value is -2.37. The lowest BCUT2D eigenvalue weighted by atomic mass is 10.1. The molecule has 3 aromatic rings. The van der Waals surface area contributed by atoms with Gasteiger partial charge in [0.1, 0.15) is 5.76 Å². The average molecular weight is 339 g/mol. The van der Waals surface area contributed by atoms with Crippen LogP contribution in [-0.2, 0) is 19.6 Å². The first-order valence-corrected chi connectivity index (χ1v) is 8.71. The lowest BCUT2D eigenvalue weighted by Crippen LogP contribution is -2.36. The van der Waals surface area contributed by atoms with Gasteiger partial charge in [0.2, 0.25) is 0 Å². The van der Waals surface area contributed by atoms with Crippen LogP contribution in [0.3, 0.4) is 0 Å². The van der Waals surface area contributed by atoms with Gasteiger partial charge in [0.05, 0.1) is 26.0 Å². The van der Waals surface area contributed by atoms with Crippen LogP contribution in [-0.4, -0.2) is 32.4 Å². The van der Waals surface area contributed by atoms with Crippen molar-refractivity contribution in [3.05, 3.63) is 78.0 Å². The SMILES string of the molecule is CC[C@H](CO)N(Cc1ccco1)Cc1ccccc1Cn1cccn1. The number of rotatable bonds is 9. The molecule has 0 fully saturated rings. The second-order valence-electron chi connectivity index (χ2n) is 6.20. The Balaban J connectivity index is 1.81. The molecule has 0 bridgehead atoms. The quantitative estimate of drug-likeness (QED) is 0.650. The summed E-state index contributed by atoms with van der Waals surface area (Å²) in [5.74, 6) is 0.913. The maximum absolute atomic E-state index is 9.79. The molecule has 3 rings (SSSR count). The van der Waals surface area contributed by atoms with E-state index in [1.165, 1.54) is 11.1 Å². The molecule has 5 nitrogen and oxygen atoms in total. The van der Waals surface area contributed by atoms with Crippen molar-refractivity contribution in [1.29, 1.82) is 0 Å². The molecule has 1 aromatic carbocycles. The van der Waals surface area contributed by atoms with Crippen LogP contribution in [0.25, 0.3) is 0 Å². The minimum atomic E-state index is 0.0999. The summed E-state index contributed by atoms with van der Waals surface area (Å²) in [5, 5.41) is 14.1. The molecular weight excluding hydrogens is 314 g/mol. The van der Waals surface area contributed by atoms with Gasteiger partial charge in [0.25, 0.3) is 0 Å². The molecule has 25 heavy (non-hydrogen) atoms. The Morgan fingerprint density at radius 3 is 2.60 bits per heavy atom. The summed E-state index contributed by atoms with van der Waals surface area (Å²) < 4.78 is 7.45. The van der Waals surface area contributed by atoms with E-state index in [-0.39, 0.29) is 12.6 Å². The summed E-state index contributed by atoms with van der Waals surface area (Å²) in [6, 6.07) is 14.3. The summed E-state index contributed by atoms with van der Waals surface area (Å²) >= 11 is 0. The molecule has 132 valence electrons. The fourth-order valence-corrected chi connectivity index (χ4v) is 3.07. The van der Waals surface area contributed by atoms with Crippen molar-refractivity contribution in [2.24, 2.45) is 0 Å². The van der Waals surface area contributed by atoms with Gasteiger partial charge in [0, 0.05) is 25.0 Å². The minimum absolute atomic E-state index is 0.0999. The summed E-state index contributed by atoms with van der Waals surface area (Å²) in [7, 11) is 0. The topological polar surface area (TPSA) is 54.4 Å². The van der Waals surface area contributed by atoms with E-state index in [0.29, 0.717) is 6.54 Å². The first-order valence-electron chi connectivity index (χ1n) is 8.71. The van der Waals surface area contributed by atoms with Crippen molar-refractivity contribution in [2.75, 3.05) is 6.61 Å². The number of aromatic nitrogens is 2. The van der Waals surface area contributed by atoms with Crippen LogP contribution in [0.1, 0.15) is 30.2 Å². The second kappa shape index (κ2) is 8.65. The molecule has 5 heteroatoms. The third-order valence-electron chi connectivity index (χ3n) is 4.52. The first kappa shape index (κ1) is 17.5. The Bertz CT molecular complexity index is 734. The van der Waals surface area contributed by atoms with Crippen LogP contribution in [0.5, 0.6) is 0 Å². The fourth-order valence-electron chi connectivity index (χ4n) is 3.07. The summed E-state index contributed by atoms with van der Waals surface area (Å²) in [4.78, 5) is 2.28. The Labute approximate surface area is 148 Å². The molecule has 0 spiro atoms. The van der Waals surface area contributed by atoms with Crippen molar-refractivity contribution >= 4 is 0 Å².